The number of rotatable bonds is 3. The van der Waals surface area contributed by atoms with Crippen LogP contribution in [0.3, 0.4) is 0 Å². The molecule has 1 fully saturated rings. The average molecular weight is 243 g/mol. The SMILES string of the molecule is O=C(NCCO)C(=O)NC(=O)C1CCNCC1. The molecule has 3 amide bonds. The second kappa shape index (κ2) is 6.97. The van der Waals surface area contributed by atoms with Crippen LogP contribution in [0, 0.1) is 5.92 Å². The zero-order chi connectivity index (χ0) is 12.7. The molecule has 96 valence electrons. The summed E-state index contributed by atoms with van der Waals surface area (Å²) in [5.41, 5.74) is 0. The molecular formula is C10H17N3O4. The predicted octanol–water partition coefficient (Wildman–Crippen LogP) is -2.26. The maximum Gasteiger partial charge on any atom is 0.315 e. The Bertz CT molecular complexity index is 300. The van der Waals surface area contributed by atoms with Crippen LogP contribution >= 0.6 is 0 Å². The van der Waals surface area contributed by atoms with Crippen molar-refractivity contribution < 1.29 is 19.5 Å². The molecule has 0 aromatic rings. The van der Waals surface area contributed by atoms with Crippen LogP contribution < -0.4 is 16.0 Å². The van der Waals surface area contributed by atoms with E-state index >= 15 is 0 Å². The van der Waals surface area contributed by atoms with E-state index in [9.17, 15) is 14.4 Å². The molecule has 7 nitrogen and oxygen atoms in total. The van der Waals surface area contributed by atoms with E-state index < -0.39 is 17.7 Å². The normalized spacial score (nSPS) is 16.3. The molecule has 1 heterocycles. The fourth-order valence-corrected chi connectivity index (χ4v) is 1.60. The molecule has 1 saturated heterocycles. The summed E-state index contributed by atoms with van der Waals surface area (Å²) < 4.78 is 0. The first-order chi connectivity index (χ1) is 8.15. The van der Waals surface area contributed by atoms with E-state index in [0.29, 0.717) is 12.8 Å². The standard InChI is InChI=1S/C10H17N3O4/c14-6-5-12-9(16)10(17)13-8(15)7-1-3-11-4-2-7/h7,11,14H,1-6H2,(H,12,16)(H,13,15,17). The Morgan fingerprint density at radius 1 is 1.18 bits per heavy atom. The molecule has 0 radical (unpaired) electrons. The first-order valence-corrected chi connectivity index (χ1v) is 5.59. The molecular weight excluding hydrogens is 226 g/mol. The highest BCUT2D eigenvalue weighted by atomic mass is 16.3. The first kappa shape index (κ1) is 13.6. The minimum atomic E-state index is -0.970. The number of nitrogens with one attached hydrogen (secondary N) is 3. The largest absolute Gasteiger partial charge is 0.395 e. The maximum atomic E-state index is 11.6. The lowest BCUT2D eigenvalue weighted by Gasteiger charge is -2.21. The van der Waals surface area contributed by atoms with Crippen molar-refractivity contribution in [1.29, 1.82) is 0 Å². The summed E-state index contributed by atoms with van der Waals surface area (Å²) in [5.74, 6) is -2.50. The van der Waals surface area contributed by atoms with E-state index in [1.165, 1.54) is 0 Å². The van der Waals surface area contributed by atoms with Crippen molar-refractivity contribution >= 4 is 17.7 Å². The fraction of sp³-hybridized carbons (Fsp3) is 0.700. The van der Waals surface area contributed by atoms with Gasteiger partial charge in [-0.3, -0.25) is 19.7 Å². The first-order valence-electron chi connectivity index (χ1n) is 5.59. The summed E-state index contributed by atoms with van der Waals surface area (Å²) in [6, 6.07) is 0. The van der Waals surface area contributed by atoms with E-state index in [-0.39, 0.29) is 19.1 Å². The van der Waals surface area contributed by atoms with Gasteiger partial charge in [-0.15, -0.1) is 0 Å². The van der Waals surface area contributed by atoms with Gasteiger partial charge >= 0.3 is 11.8 Å². The number of aliphatic hydroxyl groups excluding tert-OH is 1. The van der Waals surface area contributed by atoms with Gasteiger partial charge in [0.15, 0.2) is 0 Å². The van der Waals surface area contributed by atoms with E-state index in [4.69, 9.17) is 5.11 Å². The molecule has 0 aromatic carbocycles. The number of piperidine rings is 1. The van der Waals surface area contributed by atoms with Gasteiger partial charge in [-0.25, -0.2) is 0 Å². The van der Waals surface area contributed by atoms with Crippen molar-refractivity contribution in [1.82, 2.24) is 16.0 Å². The molecule has 17 heavy (non-hydrogen) atoms. The highest BCUT2D eigenvalue weighted by Crippen LogP contribution is 2.10. The van der Waals surface area contributed by atoms with Gasteiger partial charge in [0, 0.05) is 12.5 Å². The fourth-order valence-electron chi connectivity index (χ4n) is 1.60. The lowest BCUT2D eigenvalue weighted by atomic mass is 9.97. The third kappa shape index (κ3) is 4.49. The van der Waals surface area contributed by atoms with E-state index in [0.717, 1.165) is 13.1 Å². The molecule has 0 atom stereocenters. The minimum Gasteiger partial charge on any atom is -0.395 e. The molecule has 0 aromatic heterocycles. The van der Waals surface area contributed by atoms with Crippen LogP contribution in [0.5, 0.6) is 0 Å². The van der Waals surface area contributed by atoms with Gasteiger partial charge < -0.3 is 15.7 Å². The summed E-state index contributed by atoms with van der Waals surface area (Å²) in [5, 5.41) is 15.8. The second-order valence-electron chi connectivity index (χ2n) is 3.82. The van der Waals surface area contributed by atoms with E-state index in [2.05, 4.69) is 16.0 Å². The quantitative estimate of drug-likeness (QED) is 0.418. The van der Waals surface area contributed by atoms with Crippen LogP contribution in [0.4, 0.5) is 0 Å². The highest BCUT2D eigenvalue weighted by molar-refractivity contribution is 6.37. The number of carbonyl (C=O) groups excluding carboxylic acids is 3. The van der Waals surface area contributed by atoms with Crippen molar-refractivity contribution in [2.45, 2.75) is 12.8 Å². The van der Waals surface area contributed by atoms with Crippen molar-refractivity contribution in [3.05, 3.63) is 0 Å². The number of aliphatic hydroxyl groups is 1. The number of amides is 3. The molecule has 7 heteroatoms. The van der Waals surface area contributed by atoms with Crippen LogP contribution in [0.2, 0.25) is 0 Å². The summed E-state index contributed by atoms with van der Waals surface area (Å²) in [4.78, 5) is 34.0. The molecule has 4 N–H and O–H groups in total. The Labute approximate surface area is 98.9 Å². The predicted molar refractivity (Wildman–Crippen MR) is 58.8 cm³/mol. The summed E-state index contributed by atoms with van der Waals surface area (Å²) >= 11 is 0. The van der Waals surface area contributed by atoms with Crippen molar-refractivity contribution in [3.8, 4) is 0 Å². The number of carbonyl (C=O) groups is 3. The lowest BCUT2D eigenvalue weighted by molar-refractivity contribution is -0.143. The zero-order valence-electron chi connectivity index (χ0n) is 9.49. The van der Waals surface area contributed by atoms with Gasteiger partial charge in [-0.05, 0) is 25.9 Å². The third-order valence-corrected chi connectivity index (χ3v) is 2.55. The van der Waals surface area contributed by atoms with Crippen molar-refractivity contribution in [2.24, 2.45) is 5.92 Å². The van der Waals surface area contributed by atoms with Gasteiger partial charge in [0.05, 0.1) is 6.61 Å². The summed E-state index contributed by atoms with van der Waals surface area (Å²) in [6.07, 6.45) is 1.33. The topological polar surface area (TPSA) is 108 Å². The zero-order valence-corrected chi connectivity index (χ0v) is 9.49. The van der Waals surface area contributed by atoms with Gasteiger partial charge in [-0.2, -0.15) is 0 Å². The minimum absolute atomic E-state index is 0.00616. The molecule has 0 bridgehead atoms. The monoisotopic (exact) mass is 243 g/mol. The Hall–Kier alpha value is -1.47. The van der Waals surface area contributed by atoms with Crippen LogP contribution in [0.15, 0.2) is 0 Å². The van der Waals surface area contributed by atoms with Crippen molar-refractivity contribution in [3.63, 3.8) is 0 Å². The number of hydrogen-bond donors (Lipinski definition) is 4. The van der Waals surface area contributed by atoms with Crippen LogP contribution in [0.25, 0.3) is 0 Å². The Morgan fingerprint density at radius 3 is 2.41 bits per heavy atom. The average Bonchev–Trinajstić information content (AvgIpc) is 2.36. The van der Waals surface area contributed by atoms with Gasteiger partial charge in [0.2, 0.25) is 5.91 Å². The lowest BCUT2D eigenvalue weighted by Crippen LogP contribution is -2.47. The molecule has 1 aliphatic heterocycles. The van der Waals surface area contributed by atoms with Gasteiger partial charge in [-0.1, -0.05) is 0 Å². The Balaban J connectivity index is 2.34. The van der Waals surface area contributed by atoms with Crippen molar-refractivity contribution in [2.75, 3.05) is 26.2 Å². The number of imide groups is 1. The second-order valence-corrected chi connectivity index (χ2v) is 3.82. The summed E-state index contributed by atoms with van der Waals surface area (Å²) in [7, 11) is 0. The van der Waals surface area contributed by atoms with Crippen LogP contribution in [-0.4, -0.2) is 49.1 Å². The van der Waals surface area contributed by atoms with Crippen LogP contribution in [0.1, 0.15) is 12.8 Å². The summed E-state index contributed by atoms with van der Waals surface area (Å²) in [6.45, 7) is 1.22. The maximum absolute atomic E-state index is 11.6. The van der Waals surface area contributed by atoms with Crippen LogP contribution in [-0.2, 0) is 14.4 Å². The molecule has 0 unspecified atom stereocenters. The molecule has 0 spiro atoms. The highest BCUT2D eigenvalue weighted by Gasteiger charge is 2.24. The molecule has 1 rings (SSSR count). The molecule has 0 saturated carbocycles. The Morgan fingerprint density at radius 2 is 1.82 bits per heavy atom. The molecule has 0 aliphatic carbocycles. The van der Waals surface area contributed by atoms with Gasteiger partial charge in [0.1, 0.15) is 0 Å². The smallest absolute Gasteiger partial charge is 0.315 e. The number of hydrogen-bond acceptors (Lipinski definition) is 5. The van der Waals surface area contributed by atoms with E-state index in [1.807, 2.05) is 0 Å². The van der Waals surface area contributed by atoms with E-state index in [1.54, 1.807) is 0 Å². The van der Waals surface area contributed by atoms with Gasteiger partial charge in [0.25, 0.3) is 0 Å². The Kier molecular flexibility index (Phi) is 5.58. The third-order valence-electron chi connectivity index (χ3n) is 2.55. The molecule has 1 aliphatic rings.